The third kappa shape index (κ3) is 1.50. The summed E-state index contributed by atoms with van der Waals surface area (Å²) >= 11 is 0. The highest BCUT2D eigenvalue weighted by molar-refractivity contribution is 5.86. The lowest BCUT2D eigenvalue weighted by atomic mass is 9.95. The van der Waals surface area contributed by atoms with Gasteiger partial charge in [-0.1, -0.05) is 0 Å². The molecule has 2 rings (SSSR count). The summed E-state index contributed by atoms with van der Waals surface area (Å²) in [6.07, 6.45) is 1.03. The third-order valence-electron chi connectivity index (χ3n) is 2.77. The highest BCUT2D eigenvalue weighted by atomic mass is 19.1. The maximum Gasteiger partial charge on any atom is 0.316 e. The van der Waals surface area contributed by atoms with E-state index in [1.54, 1.807) is 0 Å². The Labute approximate surface area is 85.9 Å². The zero-order chi connectivity index (χ0) is 11.1. The lowest BCUT2D eigenvalue weighted by molar-refractivity contribution is -0.143. The van der Waals surface area contributed by atoms with Crippen molar-refractivity contribution >= 4 is 5.97 Å². The van der Waals surface area contributed by atoms with Crippen molar-refractivity contribution in [1.29, 1.82) is 0 Å². The molecule has 4 heteroatoms. The first-order valence-corrected chi connectivity index (χ1v) is 4.64. The van der Waals surface area contributed by atoms with Gasteiger partial charge in [-0.15, -0.1) is 0 Å². The van der Waals surface area contributed by atoms with Crippen molar-refractivity contribution in [1.82, 2.24) is 0 Å². The Hall–Kier alpha value is -1.45. The Morgan fingerprint density at radius 1 is 1.40 bits per heavy atom. The van der Waals surface area contributed by atoms with Gasteiger partial charge in [0.25, 0.3) is 0 Å². The van der Waals surface area contributed by atoms with Gasteiger partial charge in [-0.05, 0) is 31.0 Å². The first-order valence-electron chi connectivity index (χ1n) is 4.64. The van der Waals surface area contributed by atoms with Gasteiger partial charge in [0.05, 0.1) is 12.5 Å². The maximum absolute atomic E-state index is 13.4. The summed E-state index contributed by atoms with van der Waals surface area (Å²) in [4.78, 5) is 11.4. The highest BCUT2D eigenvalue weighted by Gasteiger charge is 2.54. The molecule has 2 nitrogen and oxygen atoms in total. The molecule has 0 unspecified atom stereocenters. The van der Waals surface area contributed by atoms with Gasteiger partial charge >= 0.3 is 5.97 Å². The molecule has 0 aliphatic heterocycles. The summed E-state index contributed by atoms with van der Waals surface area (Å²) in [5, 5.41) is 0. The van der Waals surface area contributed by atoms with Gasteiger partial charge in [-0.2, -0.15) is 0 Å². The molecule has 0 radical (unpaired) electrons. The fourth-order valence-electron chi connectivity index (χ4n) is 1.77. The molecule has 0 heterocycles. The molecular formula is C11H10F2O2. The number of esters is 1. The van der Waals surface area contributed by atoms with E-state index in [0.29, 0.717) is 12.8 Å². The molecule has 15 heavy (non-hydrogen) atoms. The van der Waals surface area contributed by atoms with Crippen LogP contribution in [0.4, 0.5) is 8.78 Å². The molecule has 1 fully saturated rings. The molecule has 1 aromatic carbocycles. The van der Waals surface area contributed by atoms with E-state index in [9.17, 15) is 13.6 Å². The number of benzene rings is 1. The van der Waals surface area contributed by atoms with Crippen LogP contribution in [0.15, 0.2) is 18.2 Å². The van der Waals surface area contributed by atoms with Crippen molar-refractivity contribution in [3.05, 3.63) is 35.4 Å². The quantitative estimate of drug-likeness (QED) is 0.702. The van der Waals surface area contributed by atoms with Crippen LogP contribution in [0, 0.1) is 11.6 Å². The predicted octanol–water partition coefficient (Wildman–Crippen LogP) is 2.17. The molecule has 1 aromatic rings. The largest absolute Gasteiger partial charge is 0.468 e. The average molecular weight is 212 g/mol. The number of halogens is 2. The number of hydrogen-bond acceptors (Lipinski definition) is 2. The van der Waals surface area contributed by atoms with Crippen LogP contribution in [-0.2, 0) is 14.9 Å². The van der Waals surface area contributed by atoms with Crippen LogP contribution in [-0.4, -0.2) is 13.1 Å². The minimum absolute atomic E-state index is 0.106. The smallest absolute Gasteiger partial charge is 0.316 e. The van der Waals surface area contributed by atoms with E-state index in [2.05, 4.69) is 4.74 Å². The normalized spacial score (nSPS) is 17.3. The highest BCUT2D eigenvalue weighted by Crippen LogP contribution is 2.50. The van der Waals surface area contributed by atoms with Gasteiger partial charge in [-0.3, -0.25) is 4.79 Å². The fraction of sp³-hybridized carbons (Fsp3) is 0.364. The van der Waals surface area contributed by atoms with Gasteiger partial charge in [-0.25, -0.2) is 8.78 Å². The van der Waals surface area contributed by atoms with Crippen molar-refractivity contribution in [2.75, 3.05) is 7.11 Å². The maximum atomic E-state index is 13.4. The molecule has 0 saturated heterocycles. The van der Waals surface area contributed by atoms with Crippen molar-refractivity contribution in [3.8, 4) is 0 Å². The van der Waals surface area contributed by atoms with Gasteiger partial charge in [0.15, 0.2) is 0 Å². The average Bonchev–Trinajstić information content (AvgIpc) is 3.01. The molecule has 1 saturated carbocycles. The predicted molar refractivity (Wildman–Crippen MR) is 49.3 cm³/mol. The second-order valence-corrected chi connectivity index (χ2v) is 3.70. The zero-order valence-electron chi connectivity index (χ0n) is 8.22. The Balaban J connectivity index is 2.45. The molecule has 80 valence electrons. The van der Waals surface area contributed by atoms with E-state index < -0.39 is 23.0 Å². The molecule has 0 atom stereocenters. The van der Waals surface area contributed by atoms with Gasteiger partial charge in [0.2, 0.25) is 0 Å². The molecule has 1 aliphatic rings. The van der Waals surface area contributed by atoms with Crippen molar-refractivity contribution < 1.29 is 18.3 Å². The van der Waals surface area contributed by atoms with Crippen LogP contribution < -0.4 is 0 Å². The lowest BCUT2D eigenvalue weighted by Gasteiger charge is -2.13. The second-order valence-electron chi connectivity index (χ2n) is 3.70. The SMILES string of the molecule is COC(=O)C1(c2cc(F)ccc2F)CC1. The Bertz CT molecular complexity index is 411. The Morgan fingerprint density at radius 3 is 2.60 bits per heavy atom. The first kappa shape index (κ1) is 10.1. The first-order chi connectivity index (χ1) is 7.10. The van der Waals surface area contributed by atoms with Gasteiger partial charge in [0, 0.05) is 5.56 Å². The molecular weight excluding hydrogens is 202 g/mol. The topological polar surface area (TPSA) is 26.3 Å². The number of carbonyl (C=O) groups excluding carboxylic acids is 1. The van der Waals surface area contributed by atoms with Crippen LogP contribution in [0.25, 0.3) is 0 Å². The summed E-state index contributed by atoms with van der Waals surface area (Å²) in [5.74, 6) is -1.59. The Morgan fingerprint density at radius 2 is 2.07 bits per heavy atom. The van der Waals surface area contributed by atoms with E-state index in [1.165, 1.54) is 7.11 Å². The van der Waals surface area contributed by atoms with Crippen molar-refractivity contribution in [3.63, 3.8) is 0 Å². The van der Waals surface area contributed by atoms with Crippen LogP contribution in [0.5, 0.6) is 0 Å². The van der Waals surface area contributed by atoms with Crippen molar-refractivity contribution in [2.24, 2.45) is 0 Å². The molecule has 0 N–H and O–H groups in total. The minimum atomic E-state index is -0.944. The number of ether oxygens (including phenoxy) is 1. The number of hydrogen-bond donors (Lipinski definition) is 0. The molecule has 1 aliphatic carbocycles. The second kappa shape index (κ2) is 3.29. The molecule has 0 spiro atoms. The summed E-state index contributed by atoms with van der Waals surface area (Å²) < 4.78 is 31.0. The third-order valence-corrected chi connectivity index (χ3v) is 2.77. The molecule has 0 aromatic heterocycles. The zero-order valence-corrected chi connectivity index (χ0v) is 8.22. The summed E-state index contributed by atoms with van der Waals surface area (Å²) in [5.41, 5.74) is -0.838. The number of methoxy groups -OCH3 is 1. The van der Waals surface area contributed by atoms with Gasteiger partial charge in [0.1, 0.15) is 11.6 Å². The molecule has 0 amide bonds. The lowest BCUT2D eigenvalue weighted by Crippen LogP contribution is -2.23. The summed E-state index contributed by atoms with van der Waals surface area (Å²) in [7, 11) is 1.25. The van der Waals surface area contributed by atoms with E-state index in [-0.39, 0.29) is 5.56 Å². The van der Waals surface area contributed by atoms with E-state index in [1.807, 2.05) is 0 Å². The fourth-order valence-corrected chi connectivity index (χ4v) is 1.77. The van der Waals surface area contributed by atoms with E-state index in [0.717, 1.165) is 18.2 Å². The van der Waals surface area contributed by atoms with Crippen LogP contribution in [0.2, 0.25) is 0 Å². The van der Waals surface area contributed by atoms with Crippen LogP contribution >= 0.6 is 0 Å². The minimum Gasteiger partial charge on any atom is -0.468 e. The molecule has 0 bridgehead atoms. The number of rotatable bonds is 2. The summed E-state index contributed by atoms with van der Waals surface area (Å²) in [6.45, 7) is 0. The van der Waals surface area contributed by atoms with E-state index in [4.69, 9.17) is 0 Å². The van der Waals surface area contributed by atoms with Gasteiger partial charge < -0.3 is 4.74 Å². The van der Waals surface area contributed by atoms with E-state index >= 15 is 0 Å². The summed E-state index contributed by atoms with van der Waals surface area (Å²) in [6, 6.07) is 3.14. The van der Waals surface area contributed by atoms with Crippen molar-refractivity contribution in [2.45, 2.75) is 18.3 Å². The monoisotopic (exact) mass is 212 g/mol. The van der Waals surface area contributed by atoms with Crippen LogP contribution in [0.3, 0.4) is 0 Å². The number of carbonyl (C=O) groups is 1. The van der Waals surface area contributed by atoms with Crippen LogP contribution in [0.1, 0.15) is 18.4 Å². The standard InChI is InChI=1S/C11H10F2O2/c1-15-10(14)11(4-5-11)8-6-7(12)2-3-9(8)13/h2-3,6H,4-5H2,1H3. The Kier molecular flexibility index (Phi) is 2.21.